The van der Waals surface area contributed by atoms with Crippen LogP contribution in [0.3, 0.4) is 0 Å². The molecule has 0 saturated carbocycles. The molecule has 15 heteroatoms. The quantitative estimate of drug-likeness (QED) is 0.172. The number of nitrogens with one attached hydrogen (secondary N) is 2. The number of carbonyl (C=O) groups excluding carboxylic acids is 1. The van der Waals surface area contributed by atoms with Gasteiger partial charge in [-0.05, 0) is 114 Å². The highest BCUT2D eigenvalue weighted by Gasteiger charge is 2.37. The number of β-amino-alcohol motifs (C(OH)–C–C–N with tert-alkyl or cyclic N) is 2. The van der Waals surface area contributed by atoms with Crippen molar-refractivity contribution in [1.29, 1.82) is 0 Å². The average Bonchev–Trinajstić information content (AvgIpc) is 3.32. The third-order valence-corrected chi connectivity index (χ3v) is 15.0. The van der Waals surface area contributed by atoms with E-state index in [1.165, 1.54) is 22.3 Å². The highest BCUT2D eigenvalue weighted by Crippen LogP contribution is 2.31. The molecule has 2 aromatic heterocycles. The van der Waals surface area contributed by atoms with Gasteiger partial charge >= 0.3 is 0 Å². The van der Waals surface area contributed by atoms with Gasteiger partial charge in [0.2, 0.25) is 17.7 Å². The lowest BCUT2D eigenvalue weighted by molar-refractivity contribution is 0.0291. The molecular weight excluding hydrogens is 805 g/mol. The molecule has 8 heterocycles. The van der Waals surface area contributed by atoms with E-state index >= 15 is 0 Å². The summed E-state index contributed by atoms with van der Waals surface area (Å²) in [6, 6.07) is 21.3. The summed E-state index contributed by atoms with van der Waals surface area (Å²) in [7, 11) is 4.30. The number of aliphatic hydroxyl groups is 2. The van der Waals surface area contributed by atoms with Crippen molar-refractivity contribution in [2.24, 2.45) is 0 Å². The maximum Gasteiger partial charge on any atom is 0.230 e. The van der Waals surface area contributed by atoms with Gasteiger partial charge in [0, 0.05) is 88.7 Å². The lowest BCUT2D eigenvalue weighted by Crippen LogP contribution is -2.55. The van der Waals surface area contributed by atoms with Crippen molar-refractivity contribution in [3.8, 4) is 0 Å². The van der Waals surface area contributed by atoms with Crippen molar-refractivity contribution >= 4 is 29.3 Å². The van der Waals surface area contributed by atoms with Gasteiger partial charge in [-0.3, -0.25) is 14.6 Å². The van der Waals surface area contributed by atoms with Crippen LogP contribution >= 0.6 is 0 Å². The smallest absolute Gasteiger partial charge is 0.230 e. The first-order valence-corrected chi connectivity index (χ1v) is 23.9. The number of likely N-dealkylation sites (tertiary alicyclic amines) is 2. The highest BCUT2D eigenvalue weighted by atomic mass is 16.3. The van der Waals surface area contributed by atoms with Gasteiger partial charge in [-0.25, -0.2) is 9.97 Å². The lowest BCUT2D eigenvalue weighted by atomic mass is 9.94. The molecule has 6 aliphatic rings. The molecule has 2 aromatic carbocycles. The van der Waals surface area contributed by atoms with E-state index in [1.54, 1.807) is 12.1 Å². The molecule has 0 unspecified atom stereocenters. The highest BCUT2D eigenvalue weighted by molar-refractivity contribution is 6.07. The molecule has 4 aromatic rings. The Balaban J connectivity index is 0.913. The molecule has 0 radical (unpaired) electrons. The molecule has 0 spiro atoms. The molecule has 4 fully saturated rings. The van der Waals surface area contributed by atoms with Crippen molar-refractivity contribution in [3.05, 3.63) is 94.3 Å². The Labute approximate surface area is 377 Å². The first-order valence-electron chi connectivity index (χ1n) is 23.9. The van der Waals surface area contributed by atoms with E-state index in [-0.39, 0.29) is 41.3 Å². The molecule has 64 heavy (non-hydrogen) atoms. The molecule has 0 bridgehead atoms. The van der Waals surface area contributed by atoms with E-state index in [0.717, 1.165) is 104 Å². The van der Waals surface area contributed by atoms with Crippen LogP contribution in [-0.4, -0.2) is 171 Å². The largest absolute Gasteiger partial charge is 0.390 e. The van der Waals surface area contributed by atoms with E-state index in [2.05, 4.69) is 92.9 Å². The number of piperidine rings is 4. The number of hydrogen-bond donors (Lipinski definition) is 4. The third-order valence-electron chi connectivity index (χ3n) is 15.0. The van der Waals surface area contributed by atoms with Crippen LogP contribution in [0.25, 0.3) is 0 Å². The Kier molecular flexibility index (Phi) is 12.8. The van der Waals surface area contributed by atoms with Gasteiger partial charge in [0.05, 0.1) is 12.2 Å². The molecule has 6 aliphatic heterocycles. The number of benzene rings is 2. The lowest BCUT2D eigenvalue weighted by Gasteiger charge is -2.43. The van der Waals surface area contributed by atoms with E-state index < -0.39 is 12.2 Å². The normalized spacial score (nSPS) is 25.8. The summed E-state index contributed by atoms with van der Waals surface area (Å²) in [6.45, 7) is 9.52. The number of aliphatic hydroxyl groups excluding tert-OH is 2. The minimum absolute atomic E-state index is 0.0290. The molecule has 0 amide bonds. The van der Waals surface area contributed by atoms with Gasteiger partial charge in [-0.2, -0.15) is 9.97 Å². The summed E-state index contributed by atoms with van der Waals surface area (Å²) in [5.41, 5.74) is 5.97. The Hall–Kier alpha value is -4.77. The summed E-state index contributed by atoms with van der Waals surface area (Å²) in [5, 5.41) is 30.8. The number of rotatable bonds is 10. The maximum absolute atomic E-state index is 14.9. The number of hydrogen-bond acceptors (Lipinski definition) is 15. The van der Waals surface area contributed by atoms with E-state index in [1.807, 2.05) is 9.80 Å². The van der Waals surface area contributed by atoms with Gasteiger partial charge in [-0.15, -0.1) is 0 Å². The number of ketones is 1. The second-order valence-corrected chi connectivity index (χ2v) is 19.4. The number of aromatic nitrogens is 4. The van der Waals surface area contributed by atoms with E-state index in [4.69, 9.17) is 19.9 Å². The molecule has 10 rings (SSSR count). The van der Waals surface area contributed by atoms with Crippen LogP contribution in [0.4, 0.5) is 23.5 Å². The topological polar surface area (TPSA) is 153 Å². The predicted octanol–water partition coefficient (Wildman–Crippen LogP) is 3.51. The third kappa shape index (κ3) is 9.61. The van der Waals surface area contributed by atoms with Crippen molar-refractivity contribution in [2.75, 3.05) is 100.0 Å². The summed E-state index contributed by atoms with van der Waals surface area (Å²) in [5.74, 6) is 1.78. The van der Waals surface area contributed by atoms with E-state index in [9.17, 15) is 15.0 Å². The monoisotopic (exact) mass is 871 g/mol. The minimum Gasteiger partial charge on any atom is -0.390 e. The Morgan fingerprint density at radius 1 is 0.547 bits per heavy atom. The molecule has 4 atom stereocenters. The first kappa shape index (κ1) is 43.1. The van der Waals surface area contributed by atoms with Crippen LogP contribution in [0.5, 0.6) is 0 Å². The van der Waals surface area contributed by atoms with Crippen LogP contribution in [0.1, 0.15) is 77.0 Å². The van der Waals surface area contributed by atoms with Crippen LogP contribution in [0.15, 0.2) is 60.7 Å². The average molecular weight is 871 g/mol. The molecular formula is C49H66N12O3. The standard InChI is InChI=1S/C49H66N12O3/c1-56-19-13-37(14-20-56)50-45-27-39(52-48(54-45)60-25-17-41(43(62)31-60)58-23-11-33-7-3-5-9-35(33)29-58)47(64)40-28-46(51-38-15-21-57(2)22-16-38)55-49(53-40)61-26-18-42(44(63)32-61)59-24-12-34-8-4-6-10-36(34)30-59/h3-10,27-28,37-38,41-44,62-63H,11-26,29-32H2,1-2H3,(H,50,52,54)(H,51,53,55)/t41-,42-,43-,44-/m1/s1. The second-order valence-electron chi connectivity index (χ2n) is 19.4. The van der Waals surface area contributed by atoms with Crippen molar-refractivity contribution in [3.63, 3.8) is 0 Å². The summed E-state index contributed by atoms with van der Waals surface area (Å²) >= 11 is 0. The van der Waals surface area contributed by atoms with Crippen LogP contribution in [0.2, 0.25) is 0 Å². The summed E-state index contributed by atoms with van der Waals surface area (Å²) < 4.78 is 0. The molecule has 4 N–H and O–H groups in total. The summed E-state index contributed by atoms with van der Waals surface area (Å²) in [6.07, 6.45) is 6.16. The van der Waals surface area contributed by atoms with Crippen LogP contribution < -0.4 is 20.4 Å². The van der Waals surface area contributed by atoms with Crippen LogP contribution in [-0.2, 0) is 25.9 Å². The fraction of sp³-hybridized carbons (Fsp3) is 0.571. The summed E-state index contributed by atoms with van der Waals surface area (Å²) in [4.78, 5) is 48.6. The van der Waals surface area contributed by atoms with Crippen molar-refractivity contribution < 1.29 is 15.0 Å². The number of anilines is 4. The van der Waals surface area contributed by atoms with Crippen molar-refractivity contribution in [2.45, 2.75) is 101 Å². The van der Waals surface area contributed by atoms with Gasteiger partial charge in [0.1, 0.15) is 23.0 Å². The fourth-order valence-electron chi connectivity index (χ4n) is 11.0. The molecule has 15 nitrogen and oxygen atoms in total. The molecule has 340 valence electrons. The maximum atomic E-state index is 14.9. The number of nitrogens with zero attached hydrogens (tertiary/aromatic N) is 10. The molecule has 4 saturated heterocycles. The fourth-order valence-corrected chi connectivity index (χ4v) is 11.0. The number of fused-ring (bicyclic) bond motifs is 2. The zero-order valence-electron chi connectivity index (χ0n) is 37.7. The molecule has 0 aliphatic carbocycles. The Bertz CT molecular complexity index is 2110. The van der Waals surface area contributed by atoms with Crippen molar-refractivity contribution in [1.82, 2.24) is 39.5 Å². The van der Waals surface area contributed by atoms with Gasteiger partial charge < -0.3 is 40.4 Å². The van der Waals surface area contributed by atoms with E-state index in [0.29, 0.717) is 49.7 Å². The zero-order chi connectivity index (χ0) is 43.7. The number of carbonyl (C=O) groups is 1. The SMILES string of the molecule is CN1CCC(Nc2cc(C(=O)c3cc(NC4CCN(C)CC4)nc(N4CC[C@@H](N5CCc6ccccc6C5)[C@H](O)C4)n3)nc(N3CC[C@@H](N4CCc5ccccc5C4)[C@H](O)C3)n2)CC1. The van der Waals surface area contributed by atoms with Gasteiger partial charge in [-0.1, -0.05) is 48.5 Å². The minimum atomic E-state index is -0.602. The Morgan fingerprint density at radius 3 is 1.36 bits per heavy atom. The zero-order valence-corrected chi connectivity index (χ0v) is 37.7. The second kappa shape index (κ2) is 19.0. The first-order chi connectivity index (χ1) is 31.2. The van der Waals surface area contributed by atoms with Crippen LogP contribution in [0, 0.1) is 0 Å². The van der Waals surface area contributed by atoms with Gasteiger partial charge in [0.15, 0.2) is 0 Å². The van der Waals surface area contributed by atoms with Gasteiger partial charge in [0.25, 0.3) is 0 Å². The Morgan fingerprint density at radius 2 is 0.953 bits per heavy atom. The predicted molar refractivity (Wildman–Crippen MR) is 250 cm³/mol.